The molecular formula is C26H30F3N7O2. The van der Waals surface area contributed by atoms with Crippen LogP contribution in [0.25, 0.3) is 11.4 Å². The summed E-state index contributed by atoms with van der Waals surface area (Å²) in [6.07, 6.45) is 1.47. The number of alkyl halides is 2. The normalized spacial score (nSPS) is 21.1. The lowest BCUT2D eigenvalue weighted by Crippen LogP contribution is -2.34. The van der Waals surface area contributed by atoms with Crippen LogP contribution in [0.1, 0.15) is 61.2 Å². The molecule has 12 heteroatoms. The number of methoxy groups -OCH3 is 1. The van der Waals surface area contributed by atoms with E-state index in [1.165, 1.54) is 20.2 Å². The van der Waals surface area contributed by atoms with Crippen molar-refractivity contribution in [1.29, 1.82) is 0 Å². The highest BCUT2D eigenvalue weighted by Crippen LogP contribution is 2.60. The SMILES string of the molecule is COc1cc([C@@H](C)C(=O)N2CC[C@]3(CCc4cc(-c5nc(C(F)F)n(C)n5)c(C)nc4N)CC23)c(F)cn1. The first kappa shape index (κ1) is 25.9. The first-order valence-electron chi connectivity index (χ1n) is 12.5. The maximum Gasteiger partial charge on any atom is 0.297 e. The molecule has 38 heavy (non-hydrogen) atoms. The lowest BCUT2D eigenvalue weighted by atomic mass is 9.94. The van der Waals surface area contributed by atoms with Gasteiger partial charge in [-0.15, -0.1) is 0 Å². The third-order valence-electron chi connectivity index (χ3n) is 8.01. The fourth-order valence-corrected chi connectivity index (χ4v) is 5.63. The maximum atomic E-state index is 14.4. The highest BCUT2D eigenvalue weighted by Gasteiger charge is 2.61. The quantitative estimate of drug-likeness (QED) is 0.470. The van der Waals surface area contributed by atoms with Crippen LogP contribution in [-0.4, -0.2) is 55.2 Å². The van der Waals surface area contributed by atoms with Crippen molar-refractivity contribution in [2.75, 3.05) is 19.4 Å². The van der Waals surface area contributed by atoms with Gasteiger partial charge in [-0.25, -0.2) is 32.8 Å². The summed E-state index contributed by atoms with van der Waals surface area (Å²) >= 11 is 0. The minimum atomic E-state index is -2.73. The van der Waals surface area contributed by atoms with Crippen molar-refractivity contribution in [2.24, 2.45) is 12.5 Å². The fourth-order valence-electron chi connectivity index (χ4n) is 5.63. The molecule has 2 aliphatic rings. The largest absolute Gasteiger partial charge is 0.481 e. The number of hydrogen-bond acceptors (Lipinski definition) is 7. The molecule has 1 aliphatic carbocycles. The molecule has 1 amide bonds. The van der Waals surface area contributed by atoms with Gasteiger partial charge in [-0.3, -0.25) is 4.79 Å². The molecule has 2 N–H and O–H groups in total. The van der Waals surface area contributed by atoms with E-state index in [-0.39, 0.29) is 34.6 Å². The van der Waals surface area contributed by atoms with Crippen LogP contribution in [-0.2, 0) is 18.3 Å². The number of aromatic nitrogens is 5. The zero-order valence-electron chi connectivity index (χ0n) is 21.7. The number of aryl methyl sites for hydroxylation is 3. The zero-order valence-corrected chi connectivity index (χ0v) is 21.7. The van der Waals surface area contributed by atoms with Crippen molar-refractivity contribution in [2.45, 2.75) is 57.9 Å². The number of pyridine rings is 2. The summed E-state index contributed by atoms with van der Waals surface area (Å²) in [5, 5.41) is 4.14. The van der Waals surface area contributed by atoms with Crippen LogP contribution in [0.3, 0.4) is 0 Å². The number of carbonyl (C=O) groups is 1. The average molecular weight is 530 g/mol. The number of nitrogens with two attached hydrogens (primary N) is 1. The summed E-state index contributed by atoms with van der Waals surface area (Å²) in [7, 11) is 2.88. The van der Waals surface area contributed by atoms with E-state index < -0.39 is 24.0 Å². The van der Waals surface area contributed by atoms with Gasteiger partial charge in [0.2, 0.25) is 11.8 Å². The number of ether oxygens (including phenoxy) is 1. The number of carbonyl (C=O) groups excluding carboxylic acids is 1. The highest BCUT2D eigenvalue weighted by atomic mass is 19.3. The summed E-state index contributed by atoms with van der Waals surface area (Å²) < 4.78 is 47.0. The first-order valence-corrected chi connectivity index (χ1v) is 12.5. The van der Waals surface area contributed by atoms with E-state index in [1.54, 1.807) is 13.8 Å². The van der Waals surface area contributed by atoms with E-state index in [4.69, 9.17) is 10.5 Å². The number of nitrogen functional groups attached to an aromatic ring is 1. The second-order valence-electron chi connectivity index (χ2n) is 10.2. The summed E-state index contributed by atoms with van der Waals surface area (Å²) in [5.74, 6) is -0.891. The number of anilines is 1. The van der Waals surface area contributed by atoms with Crippen LogP contribution in [0.4, 0.5) is 19.0 Å². The van der Waals surface area contributed by atoms with E-state index >= 15 is 0 Å². The predicted molar refractivity (Wildman–Crippen MR) is 133 cm³/mol. The molecule has 4 heterocycles. The van der Waals surface area contributed by atoms with Crippen molar-refractivity contribution in [1.82, 2.24) is 29.6 Å². The lowest BCUT2D eigenvalue weighted by molar-refractivity contribution is -0.132. The second kappa shape index (κ2) is 9.55. The number of piperidine rings is 1. The molecular weight excluding hydrogens is 499 g/mol. The Morgan fingerprint density at radius 2 is 2.08 bits per heavy atom. The Labute approximate surface area is 218 Å². The Hall–Kier alpha value is -3.70. The summed E-state index contributed by atoms with van der Waals surface area (Å²) in [6, 6.07) is 3.39. The molecule has 1 aliphatic heterocycles. The molecule has 0 bridgehead atoms. The van der Waals surface area contributed by atoms with Gasteiger partial charge in [-0.05, 0) is 56.6 Å². The molecule has 1 saturated heterocycles. The molecule has 3 aromatic heterocycles. The van der Waals surface area contributed by atoms with Crippen molar-refractivity contribution in [3.8, 4) is 17.3 Å². The molecule has 1 saturated carbocycles. The first-order chi connectivity index (χ1) is 18.0. The summed E-state index contributed by atoms with van der Waals surface area (Å²) in [5.41, 5.74) is 8.38. The molecule has 5 rings (SSSR count). The maximum absolute atomic E-state index is 14.4. The van der Waals surface area contributed by atoms with Crippen molar-refractivity contribution in [3.63, 3.8) is 0 Å². The van der Waals surface area contributed by atoms with Gasteiger partial charge in [-0.1, -0.05) is 0 Å². The van der Waals surface area contributed by atoms with Crippen LogP contribution in [0.2, 0.25) is 0 Å². The van der Waals surface area contributed by atoms with Crippen LogP contribution in [0, 0.1) is 18.2 Å². The molecule has 2 fully saturated rings. The molecule has 202 valence electrons. The summed E-state index contributed by atoms with van der Waals surface area (Å²) in [4.78, 5) is 27.5. The Morgan fingerprint density at radius 1 is 1.32 bits per heavy atom. The monoisotopic (exact) mass is 529 g/mol. The van der Waals surface area contributed by atoms with Gasteiger partial charge in [0, 0.05) is 36.8 Å². The fraction of sp³-hybridized carbons (Fsp3) is 0.500. The minimum Gasteiger partial charge on any atom is -0.481 e. The average Bonchev–Trinajstić information content (AvgIpc) is 3.26. The second-order valence-corrected chi connectivity index (χ2v) is 10.2. The molecule has 3 atom stereocenters. The van der Waals surface area contributed by atoms with Crippen LogP contribution in [0.5, 0.6) is 5.88 Å². The number of nitrogens with zero attached hydrogens (tertiary/aromatic N) is 6. The summed E-state index contributed by atoms with van der Waals surface area (Å²) in [6.45, 7) is 4.05. The molecule has 9 nitrogen and oxygen atoms in total. The van der Waals surface area contributed by atoms with Gasteiger partial charge in [0.1, 0.15) is 11.6 Å². The standard InChI is InChI=1S/C26H30F3N7O2/c1-13(16-10-20(38-4)31-12-18(16)27)25(37)36-8-7-26(11-19(26)36)6-5-15-9-17(14(2)32-22(15)30)23-33-24(21(28)29)35(3)34-23/h9-10,12-13,19,21H,5-8,11H2,1-4H3,(H2,30,32)/t13-,19?,26-/m1/s1. The van der Waals surface area contributed by atoms with E-state index in [0.717, 1.165) is 35.7 Å². The molecule has 0 aromatic carbocycles. The number of amides is 1. The third-order valence-corrected chi connectivity index (χ3v) is 8.01. The molecule has 3 aromatic rings. The van der Waals surface area contributed by atoms with Gasteiger partial charge >= 0.3 is 0 Å². The number of hydrogen-bond donors (Lipinski definition) is 1. The Bertz CT molecular complexity index is 1400. The molecule has 0 spiro atoms. The van der Waals surface area contributed by atoms with Crippen molar-refractivity contribution < 1.29 is 22.7 Å². The third kappa shape index (κ3) is 4.45. The van der Waals surface area contributed by atoms with E-state index in [0.29, 0.717) is 30.0 Å². The number of halogens is 3. The van der Waals surface area contributed by atoms with E-state index in [2.05, 4.69) is 20.1 Å². The molecule has 0 radical (unpaired) electrons. The van der Waals surface area contributed by atoms with Crippen LogP contribution >= 0.6 is 0 Å². The number of rotatable bonds is 8. The van der Waals surface area contributed by atoms with Crippen molar-refractivity contribution >= 4 is 11.7 Å². The minimum absolute atomic E-state index is 0.0204. The van der Waals surface area contributed by atoms with E-state index in [1.807, 2.05) is 11.0 Å². The zero-order chi connectivity index (χ0) is 27.4. The van der Waals surface area contributed by atoms with Crippen LogP contribution < -0.4 is 10.5 Å². The predicted octanol–water partition coefficient (Wildman–Crippen LogP) is 3.98. The van der Waals surface area contributed by atoms with Crippen molar-refractivity contribution in [3.05, 3.63) is 46.8 Å². The van der Waals surface area contributed by atoms with Gasteiger partial charge in [-0.2, -0.15) is 5.10 Å². The van der Waals surface area contributed by atoms with Gasteiger partial charge in [0.05, 0.1) is 24.9 Å². The molecule has 1 unspecified atom stereocenters. The smallest absolute Gasteiger partial charge is 0.297 e. The number of fused-ring (bicyclic) bond motifs is 1. The van der Waals surface area contributed by atoms with Crippen LogP contribution in [0.15, 0.2) is 18.3 Å². The Kier molecular flexibility index (Phi) is 6.52. The van der Waals surface area contributed by atoms with Gasteiger partial charge in [0.15, 0.2) is 11.6 Å². The number of likely N-dealkylation sites (tertiary alicyclic amines) is 1. The Balaban J connectivity index is 1.29. The lowest BCUT2D eigenvalue weighted by Gasteiger charge is -2.23. The topological polar surface area (TPSA) is 112 Å². The van der Waals surface area contributed by atoms with Gasteiger partial charge in [0.25, 0.3) is 6.43 Å². The highest BCUT2D eigenvalue weighted by molar-refractivity contribution is 5.84. The van der Waals surface area contributed by atoms with E-state index in [9.17, 15) is 18.0 Å². The Morgan fingerprint density at radius 3 is 2.74 bits per heavy atom. The van der Waals surface area contributed by atoms with Gasteiger partial charge < -0.3 is 15.4 Å².